The van der Waals surface area contributed by atoms with Crippen molar-refractivity contribution in [1.29, 1.82) is 0 Å². The first-order valence-electron chi connectivity index (χ1n) is 6.02. The summed E-state index contributed by atoms with van der Waals surface area (Å²) in [6, 6.07) is 4.93. The molecule has 7 nitrogen and oxygen atoms in total. The summed E-state index contributed by atoms with van der Waals surface area (Å²) in [6.45, 7) is 0. The van der Waals surface area contributed by atoms with E-state index in [1.54, 1.807) is 7.05 Å². The summed E-state index contributed by atoms with van der Waals surface area (Å²) in [5.74, 6) is -0.264. The Bertz CT molecular complexity index is 638. The number of benzene rings is 1. The fourth-order valence-electron chi connectivity index (χ4n) is 2.18. The van der Waals surface area contributed by atoms with Crippen molar-refractivity contribution in [3.63, 3.8) is 0 Å². The Morgan fingerprint density at radius 3 is 2.40 bits per heavy atom. The molecule has 1 fully saturated rings. The molecule has 0 spiro atoms. The van der Waals surface area contributed by atoms with Gasteiger partial charge in [-0.25, -0.2) is 8.42 Å². The average molecular weight is 298 g/mol. The van der Waals surface area contributed by atoms with Gasteiger partial charge in [0.25, 0.3) is 11.6 Å². The molecule has 0 unspecified atom stereocenters. The second-order valence-corrected chi connectivity index (χ2v) is 7.01. The lowest BCUT2D eigenvalue weighted by Gasteiger charge is -2.23. The van der Waals surface area contributed by atoms with Gasteiger partial charge >= 0.3 is 0 Å². The smallest absolute Gasteiger partial charge is 0.269 e. The highest BCUT2D eigenvalue weighted by molar-refractivity contribution is 7.91. The van der Waals surface area contributed by atoms with Crippen molar-refractivity contribution in [2.45, 2.75) is 12.5 Å². The molecule has 0 aromatic heterocycles. The van der Waals surface area contributed by atoms with Crippen molar-refractivity contribution in [1.82, 2.24) is 4.90 Å². The van der Waals surface area contributed by atoms with E-state index in [0.717, 1.165) is 0 Å². The zero-order chi connectivity index (χ0) is 14.9. The van der Waals surface area contributed by atoms with Crippen molar-refractivity contribution in [2.24, 2.45) is 0 Å². The van der Waals surface area contributed by atoms with Crippen LogP contribution in [0, 0.1) is 10.1 Å². The largest absolute Gasteiger partial charge is 0.338 e. The third kappa shape index (κ3) is 2.96. The van der Waals surface area contributed by atoms with E-state index in [1.165, 1.54) is 29.2 Å². The summed E-state index contributed by atoms with van der Waals surface area (Å²) in [4.78, 5) is 23.6. The van der Waals surface area contributed by atoms with Crippen LogP contribution >= 0.6 is 0 Å². The molecule has 1 atom stereocenters. The van der Waals surface area contributed by atoms with E-state index in [0.29, 0.717) is 12.0 Å². The molecule has 8 heteroatoms. The number of amides is 1. The molecule has 0 bridgehead atoms. The van der Waals surface area contributed by atoms with E-state index in [4.69, 9.17) is 0 Å². The maximum atomic E-state index is 12.2. The lowest BCUT2D eigenvalue weighted by molar-refractivity contribution is -0.384. The van der Waals surface area contributed by atoms with E-state index in [1.807, 2.05) is 0 Å². The number of carbonyl (C=O) groups excluding carboxylic acids is 1. The third-order valence-corrected chi connectivity index (χ3v) is 5.15. The quantitative estimate of drug-likeness (QED) is 0.608. The van der Waals surface area contributed by atoms with Gasteiger partial charge in [0.1, 0.15) is 0 Å². The second kappa shape index (κ2) is 5.20. The van der Waals surface area contributed by atoms with Gasteiger partial charge in [-0.3, -0.25) is 14.9 Å². The van der Waals surface area contributed by atoms with Crippen LogP contribution in [0.15, 0.2) is 24.3 Å². The van der Waals surface area contributed by atoms with Gasteiger partial charge in [-0.1, -0.05) is 0 Å². The van der Waals surface area contributed by atoms with Gasteiger partial charge in [0, 0.05) is 30.8 Å². The molecule has 1 heterocycles. The first-order valence-corrected chi connectivity index (χ1v) is 7.84. The van der Waals surface area contributed by atoms with Crippen LogP contribution in [0.4, 0.5) is 5.69 Å². The molecule has 0 N–H and O–H groups in total. The van der Waals surface area contributed by atoms with Crippen molar-refractivity contribution in [3.05, 3.63) is 39.9 Å². The summed E-state index contributed by atoms with van der Waals surface area (Å²) in [7, 11) is -1.51. The van der Waals surface area contributed by atoms with Crippen LogP contribution in [0.2, 0.25) is 0 Å². The van der Waals surface area contributed by atoms with Crippen LogP contribution in [0.1, 0.15) is 16.8 Å². The number of nitro benzene ring substituents is 1. The molecular weight excluding hydrogens is 284 g/mol. The molecule has 20 heavy (non-hydrogen) atoms. The zero-order valence-electron chi connectivity index (χ0n) is 10.9. The zero-order valence-corrected chi connectivity index (χ0v) is 11.7. The van der Waals surface area contributed by atoms with Gasteiger partial charge in [0.2, 0.25) is 0 Å². The topological polar surface area (TPSA) is 97.6 Å². The van der Waals surface area contributed by atoms with Crippen LogP contribution < -0.4 is 0 Å². The Hall–Kier alpha value is -1.96. The first kappa shape index (κ1) is 14.4. The molecule has 1 saturated heterocycles. The van der Waals surface area contributed by atoms with Crippen LogP contribution in [0.25, 0.3) is 0 Å². The molecule has 1 amide bonds. The lowest BCUT2D eigenvalue weighted by atomic mass is 10.1. The number of hydrogen-bond donors (Lipinski definition) is 0. The Balaban J connectivity index is 2.13. The van der Waals surface area contributed by atoms with Crippen molar-refractivity contribution < 1.29 is 18.1 Å². The van der Waals surface area contributed by atoms with E-state index < -0.39 is 14.8 Å². The summed E-state index contributed by atoms with van der Waals surface area (Å²) >= 11 is 0. The molecule has 0 saturated carbocycles. The highest BCUT2D eigenvalue weighted by atomic mass is 32.2. The second-order valence-electron chi connectivity index (χ2n) is 4.78. The maximum absolute atomic E-state index is 12.2. The van der Waals surface area contributed by atoms with Crippen LogP contribution in [0.5, 0.6) is 0 Å². The van der Waals surface area contributed by atoms with Crippen molar-refractivity contribution in [2.75, 3.05) is 18.6 Å². The van der Waals surface area contributed by atoms with Gasteiger partial charge in [0.05, 0.1) is 16.4 Å². The number of nitro groups is 1. The Morgan fingerprint density at radius 2 is 1.95 bits per heavy atom. The number of carbonyl (C=O) groups is 1. The van der Waals surface area contributed by atoms with E-state index in [-0.39, 0.29) is 29.1 Å². The predicted molar refractivity (Wildman–Crippen MR) is 72.2 cm³/mol. The van der Waals surface area contributed by atoms with Gasteiger partial charge in [0.15, 0.2) is 9.84 Å². The summed E-state index contributed by atoms with van der Waals surface area (Å²) in [6.07, 6.45) is 0.428. The number of nitrogens with zero attached hydrogens (tertiary/aromatic N) is 2. The minimum atomic E-state index is -3.06. The SMILES string of the molecule is CN(C(=O)c1ccc([N+](=O)[O-])cc1)[C@H]1CCS(=O)(=O)C1. The van der Waals surface area contributed by atoms with Crippen LogP contribution in [-0.4, -0.2) is 48.7 Å². The number of non-ortho nitro benzene ring substituents is 1. The van der Waals surface area contributed by atoms with Crippen LogP contribution in [0.3, 0.4) is 0 Å². The molecule has 1 aliphatic heterocycles. The maximum Gasteiger partial charge on any atom is 0.269 e. The summed E-state index contributed by atoms with van der Waals surface area (Å²) < 4.78 is 22.8. The molecule has 108 valence electrons. The van der Waals surface area contributed by atoms with Crippen LogP contribution in [-0.2, 0) is 9.84 Å². The van der Waals surface area contributed by atoms with E-state index in [9.17, 15) is 23.3 Å². The first-order chi connectivity index (χ1) is 9.30. The summed E-state index contributed by atoms with van der Waals surface area (Å²) in [5, 5.41) is 10.5. The molecule has 1 aromatic carbocycles. The molecule has 0 radical (unpaired) electrons. The van der Waals surface area contributed by atoms with Gasteiger partial charge in [-0.15, -0.1) is 0 Å². The van der Waals surface area contributed by atoms with Gasteiger partial charge in [-0.05, 0) is 18.6 Å². The third-order valence-electron chi connectivity index (χ3n) is 3.40. The summed E-state index contributed by atoms with van der Waals surface area (Å²) in [5.41, 5.74) is 0.218. The minimum Gasteiger partial charge on any atom is -0.338 e. The standard InChI is InChI=1S/C12H14N2O5S/c1-13(11-6-7-20(18,19)8-11)12(15)9-2-4-10(5-3-9)14(16)17/h2-5,11H,6-8H2,1H3/t11-/m0/s1. The molecule has 0 aliphatic carbocycles. The van der Waals surface area contributed by atoms with E-state index >= 15 is 0 Å². The fraction of sp³-hybridized carbons (Fsp3) is 0.417. The molecule has 1 aliphatic rings. The Labute approximate surface area is 116 Å². The fourth-order valence-corrected chi connectivity index (χ4v) is 3.95. The number of hydrogen-bond acceptors (Lipinski definition) is 5. The normalized spacial score (nSPS) is 20.6. The highest BCUT2D eigenvalue weighted by Crippen LogP contribution is 2.19. The molecular formula is C12H14N2O5S. The predicted octanol–water partition coefficient (Wildman–Crippen LogP) is 0.854. The van der Waals surface area contributed by atoms with Crippen molar-refractivity contribution in [3.8, 4) is 0 Å². The Morgan fingerprint density at radius 1 is 1.35 bits per heavy atom. The minimum absolute atomic E-state index is 0.0256. The number of rotatable bonds is 3. The Kier molecular flexibility index (Phi) is 3.76. The average Bonchev–Trinajstić information content (AvgIpc) is 2.77. The van der Waals surface area contributed by atoms with Gasteiger partial charge < -0.3 is 4.90 Å². The number of sulfone groups is 1. The highest BCUT2D eigenvalue weighted by Gasteiger charge is 2.33. The van der Waals surface area contributed by atoms with Gasteiger partial charge in [-0.2, -0.15) is 0 Å². The lowest BCUT2D eigenvalue weighted by Crippen LogP contribution is -2.37. The molecule has 2 rings (SSSR count). The van der Waals surface area contributed by atoms with E-state index in [2.05, 4.69) is 0 Å². The monoisotopic (exact) mass is 298 g/mol. The van der Waals surface area contributed by atoms with Crippen molar-refractivity contribution >= 4 is 21.4 Å². The molecule has 1 aromatic rings.